The molecule has 0 aliphatic carbocycles. The first-order valence-electron chi connectivity index (χ1n) is 9.94. The molecule has 2 heterocycles. The van der Waals surface area contributed by atoms with E-state index >= 15 is 0 Å². The Morgan fingerprint density at radius 2 is 1.88 bits per heavy atom. The molecule has 0 atom stereocenters. The molecule has 0 unspecified atom stereocenters. The van der Waals surface area contributed by atoms with Gasteiger partial charge in [-0.15, -0.1) is 0 Å². The molecular weight excluding hydrogens is 449 g/mol. The summed E-state index contributed by atoms with van der Waals surface area (Å²) < 4.78 is 51.5. The number of hydrogen-bond donors (Lipinski definition) is 0. The van der Waals surface area contributed by atoms with Gasteiger partial charge in [0.25, 0.3) is 5.56 Å². The highest BCUT2D eigenvalue weighted by Gasteiger charge is 2.33. The van der Waals surface area contributed by atoms with E-state index in [2.05, 4.69) is 0 Å². The maximum absolute atomic E-state index is 13.5. The van der Waals surface area contributed by atoms with E-state index in [1.807, 2.05) is 6.92 Å². The standard InChI is InChI=1S/C22H22ClF3N2O4/c1-4-14-10-16-17(20(29)28(14)11-13-8-6-7-9-15(13)23)19(32-12-22(24,25)26)18(27(16)3)21(30)31-5-2/h6-10H,4-5,11-12H2,1-3H3. The fourth-order valence-corrected chi connectivity index (χ4v) is 3.73. The number of pyridine rings is 1. The van der Waals surface area contributed by atoms with Gasteiger partial charge < -0.3 is 18.6 Å². The summed E-state index contributed by atoms with van der Waals surface area (Å²) in [6.07, 6.45) is -4.19. The highest BCUT2D eigenvalue weighted by atomic mass is 35.5. The number of rotatable bonds is 7. The van der Waals surface area contributed by atoms with Crippen LogP contribution in [0.25, 0.3) is 10.9 Å². The average Bonchev–Trinajstić information content (AvgIpc) is 3.01. The van der Waals surface area contributed by atoms with E-state index in [-0.39, 0.29) is 29.7 Å². The number of alkyl halides is 3. The van der Waals surface area contributed by atoms with Crippen molar-refractivity contribution in [3.05, 3.63) is 62.7 Å². The molecular formula is C22H22ClF3N2O4. The molecule has 172 valence electrons. The zero-order valence-electron chi connectivity index (χ0n) is 17.8. The Kier molecular flexibility index (Phi) is 6.88. The van der Waals surface area contributed by atoms with Crippen LogP contribution in [0.4, 0.5) is 13.2 Å². The number of hydrogen-bond acceptors (Lipinski definition) is 4. The van der Waals surface area contributed by atoms with E-state index < -0.39 is 30.1 Å². The first kappa shape index (κ1) is 23.7. The Labute approximate surface area is 187 Å². The van der Waals surface area contributed by atoms with Crippen LogP contribution in [0.2, 0.25) is 5.02 Å². The van der Waals surface area contributed by atoms with Gasteiger partial charge in [-0.3, -0.25) is 4.79 Å². The fraction of sp³-hybridized carbons (Fsp3) is 0.364. The van der Waals surface area contributed by atoms with Crippen LogP contribution in [0.1, 0.15) is 35.6 Å². The molecule has 0 aliphatic rings. The minimum Gasteiger partial charge on any atom is -0.481 e. The van der Waals surface area contributed by atoms with Crippen molar-refractivity contribution in [2.24, 2.45) is 7.05 Å². The summed E-state index contributed by atoms with van der Waals surface area (Å²) in [5.74, 6) is -1.32. The van der Waals surface area contributed by atoms with E-state index in [0.717, 1.165) is 0 Å². The number of ether oxygens (including phenoxy) is 2. The molecule has 0 aliphatic heterocycles. The van der Waals surface area contributed by atoms with Crippen molar-refractivity contribution in [2.75, 3.05) is 13.2 Å². The SMILES string of the molecule is CCOC(=O)c1c(OCC(F)(F)F)c2c(=O)n(Cc3ccccc3Cl)c(CC)cc2n1C. The number of esters is 1. The zero-order valence-corrected chi connectivity index (χ0v) is 18.5. The summed E-state index contributed by atoms with van der Waals surface area (Å²) in [5.41, 5.74) is 0.747. The molecule has 2 aromatic heterocycles. The first-order valence-corrected chi connectivity index (χ1v) is 10.3. The van der Waals surface area contributed by atoms with Crippen LogP contribution < -0.4 is 10.3 Å². The third-order valence-corrected chi connectivity index (χ3v) is 5.37. The first-order chi connectivity index (χ1) is 15.1. The molecule has 0 amide bonds. The summed E-state index contributed by atoms with van der Waals surface area (Å²) in [5, 5.41) is 0.333. The van der Waals surface area contributed by atoms with Crippen molar-refractivity contribution in [1.29, 1.82) is 0 Å². The number of fused-ring (bicyclic) bond motifs is 1. The monoisotopic (exact) mass is 470 g/mol. The summed E-state index contributed by atoms with van der Waals surface area (Å²) in [4.78, 5) is 26.0. The van der Waals surface area contributed by atoms with Gasteiger partial charge in [0.15, 0.2) is 18.1 Å². The zero-order chi connectivity index (χ0) is 23.6. The second-order valence-electron chi connectivity index (χ2n) is 7.09. The number of aryl methyl sites for hydroxylation is 2. The largest absolute Gasteiger partial charge is 0.481 e. The average molecular weight is 471 g/mol. The minimum absolute atomic E-state index is 0.00994. The van der Waals surface area contributed by atoms with Gasteiger partial charge in [0.05, 0.1) is 18.7 Å². The number of nitrogens with zero attached hydrogens (tertiary/aromatic N) is 2. The Hall–Kier alpha value is -2.94. The van der Waals surface area contributed by atoms with Crippen LogP contribution in [-0.2, 0) is 24.8 Å². The third kappa shape index (κ3) is 4.62. The van der Waals surface area contributed by atoms with Crippen LogP contribution in [0.3, 0.4) is 0 Å². The molecule has 32 heavy (non-hydrogen) atoms. The molecule has 6 nitrogen and oxygen atoms in total. The molecule has 3 aromatic rings. The van der Waals surface area contributed by atoms with Gasteiger partial charge in [-0.2, -0.15) is 13.2 Å². The summed E-state index contributed by atoms with van der Waals surface area (Å²) in [6.45, 7) is 1.89. The Balaban J connectivity index is 2.29. The highest BCUT2D eigenvalue weighted by Crippen LogP contribution is 2.33. The van der Waals surface area contributed by atoms with Crippen LogP contribution in [0.5, 0.6) is 5.75 Å². The quantitative estimate of drug-likeness (QED) is 0.469. The van der Waals surface area contributed by atoms with E-state index in [9.17, 15) is 22.8 Å². The summed E-state index contributed by atoms with van der Waals surface area (Å²) in [6, 6.07) is 8.64. The topological polar surface area (TPSA) is 62.5 Å². The van der Waals surface area contributed by atoms with Crippen molar-refractivity contribution in [1.82, 2.24) is 9.13 Å². The lowest BCUT2D eigenvalue weighted by Crippen LogP contribution is -2.25. The van der Waals surface area contributed by atoms with Gasteiger partial charge in [0.2, 0.25) is 0 Å². The lowest BCUT2D eigenvalue weighted by Gasteiger charge is -2.14. The number of halogens is 4. The van der Waals surface area contributed by atoms with Crippen molar-refractivity contribution in [3.63, 3.8) is 0 Å². The van der Waals surface area contributed by atoms with E-state index in [4.69, 9.17) is 21.1 Å². The van der Waals surface area contributed by atoms with Gasteiger partial charge in [0, 0.05) is 17.8 Å². The fourth-order valence-electron chi connectivity index (χ4n) is 3.54. The Morgan fingerprint density at radius 1 is 1.19 bits per heavy atom. The molecule has 0 radical (unpaired) electrons. The van der Waals surface area contributed by atoms with Crippen molar-refractivity contribution >= 4 is 28.5 Å². The smallest absolute Gasteiger partial charge is 0.422 e. The Morgan fingerprint density at radius 3 is 2.47 bits per heavy atom. The number of carbonyl (C=O) groups is 1. The van der Waals surface area contributed by atoms with Gasteiger partial charge in [0.1, 0.15) is 5.39 Å². The molecule has 0 N–H and O–H groups in total. The molecule has 0 saturated carbocycles. The molecule has 0 bridgehead atoms. The molecule has 3 rings (SSSR count). The van der Waals surface area contributed by atoms with Gasteiger partial charge >= 0.3 is 12.1 Å². The number of benzene rings is 1. The normalized spacial score (nSPS) is 11.7. The van der Waals surface area contributed by atoms with Gasteiger partial charge in [-0.05, 0) is 31.0 Å². The summed E-state index contributed by atoms with van der Waals surface area (Å²) in [7, 11) is 1.48. The predicted molar refractivity (Wildman–Crippen MR) is 115 cm³/mol. The van der Waals surface area contributed by atoms with Gasteiger partial charge in [-0.25, -0.2) is 4.79 Å². The van der Waals surface area contributed by atoms with Crippen molar-refractivity contribution < 1.29 is 27.4 Å². The molecule has 10 heteroatoms. The summed E-state index contributed by atoms with van der Waals surface area (Å²) >= 11 is 6.25. The lowest BCUT2D eigenvalue weighted by molar-refractivity contribution is -0.153. The van der Waals surface area contributed by atoms with Crippen LogP contribution in [0.15, 0.2) is 35.1 Å². The van der Waals surface area contributed by atoms with Crippen LogP contribution in [0, 0.1) is 0 Å². The number of aromatic nitrogens is 2. The molecule has 0 fully saturated rings. The van der Waals surface area contributed by atoms with Crippen molar-refractivity contribution in [3.8, 4) is 5.75 Å². The second-order valence-corrected chi connectivity index (χ2v) is 7.50. The van der Waals surface area contributed by atoms with E-state index in [1.54, 1.807) is 37.3 Å². The maximum atomic E-state index is 13.5. The molecule has 0 spiro atoms. The van der Waals surface area contributed by atoms with Crippen LogP contribution >= 0.6 is 11.6 Å². The highest BCUT2D eigenvalue weighted by molar-refractivity contribution is 6.31. The van der Waals surface area contributed by atoms with Crippen molar-refractivity contribution in [2.45, 2.75) is 33.0 Å². The second kappa shape index (κ2) is 9.28. The van der Waals surface area contributed by atoms with E-state index in [1.165, 1.54) is 16.2 Å². The van der Waals surface area contributed by atoms with Gasteiger partial charge in [-0.1, -0.05) is 36.7 Å². The van der Waals surface area contributed by atoms with E-state index in [0.29, 0.717) is 22.7 Å². The Bertz CT molecular complexity index is 1210. The van der Waals surface area contributed by atoms with Crippen LogP contribution in [-0.4, -0.2) is 34.5 Å². The minimum atomic E-state index is -4.66. The lowest BCUT2D eigenvalue weighted by atomic mass is 10.1. The molecule has 1 aromatic carbocycles. The third-order valence-electron chi connectivity index (χ3n) is 5.00. The predicted octanol–water partition coefficient (Wildman–Crippen LogP) is 4.72. The number of carbonyl (C=O) groups excluding carboxylic acids is 1. The molecule has 0 saturated heterocycles. The maximum Gasteiger partial charge on any atom is 0.422 e.